The van der Waals surface area contributed by atoms with Crippen molar-refractivity contribution in [3.8, 4) is 0 Å². The molecule has 0 fully saturated rings. The van der Waals surface area contributed by atoms with Gasteiger partial charge in [0.05, 0.1) is 6.10 Å². The Bertz CT molecular complexity index is 496. The van der Waals surface area contributed by atoms with E-state index < -0.39 is 0 Å². The van der Waals surface area contributed by atoms with E-state index in [9.17, 15) is 5.11 Å². The first-order chi connectivity index (χ1) is 8.20. The molecule has 4 heteroatoms. The minimum atomic E-state index is -0.389. The largest absolute Gasteiger partial charge is 0.388 e. The minimum Gasteiger partial charge on any atom is -0.388 e. The number of aromatic nitrogens is 1. The van der Waals surface area contributed by atoms with E-state index in [1.54, 1.807) is 23.1 Å². The lowest BCUT2D eigenvalue weighted by atomic mass is 10.1. The zero-order valence-electron chi connectivity index (χ0n) is 9.88. The molecule has 1 N–H and O–H groups in total. The highest BCUT2D eigenvalue weighted by Gasteiger charge is 2.12. The predicted octanol–water partition coefficient (Wildman–Crippen LogP) is 4.05. The Kier molecular flexibility index (Phi) is 4.20. The Morgan fingerprint density at radius 1 is 1.41 bits per heavy atom. The average Bonchev–Trinajstić information content (AvgIpc) is 2.74. The van der Waals surface area contributed by atoms with Gasteiger partial charge in [-0.15, -0.1) is 11.3 Å². The number of hydrogen-bond acceptors (Lipinski definition) is 4. The van der Waals surface area contributed by atoms with E-state index in [1.165, 1.54) is 0 Å². The average molecular weight is 265 g/mol. The highest BCUT2D eigenvalue weighted by molar-refractivity contribution is 8.01. The van der Waals surface area contributed by atoms with Crippen LogP contribution >= 0.6 is 23.1 Å². The van der Waals surface area contributed by atoms with Gasteiger partial charge in [-0.25, -0.2) is 4.98 Å². The van der Waals surface area contributed by atoms with Gasteiger partial charge in [0.1, 0.15) is 0 Å². The van der Waals surface area contributed by atoms with Crippen molar-refractivity contribution in [2.75, 3.05) is 0 Å². The van der Waals surface area contributed by atoms with Gasteiger partial charge in [0, 0.05) is 16.0 Å². The lowest BCUT2D eigenvalue weighted by Gasteiger charge is -2.12. The number of thiazole rings is 1. The van der Waals surface area contributed by atoms with E-state index >= 15 is 0 Å². The topological polar surface area (TPSA) is 33.1 Å². The van der Waals surface area contributed by atoms with Crippen molar-refractivity contribution in [3.63, 3.8) is 0 Å². The summed E-state index contributed by atoms with van der Waals surface area (Å²) < 4.78 is 1.03. The molecule has 0 amide bonds. The number of aryl methyl sites for hydroxylation is 1. The van der Waals surface area contributed by atoms with Crippen LogP contribution in [0.5, 0.6) is 0 Å². The molecule has 0 radical (unpaired) electrons. The number of hydrogen-bond donors (Lipinski definition) is 1. The van der Waals surface area contributed by atoms with Crippen molar-refractivity contribution in [1.29, 1.82) is 0 Å². The summed E-state index contributed by atoms with van der Waals surface area (Å²) in [4.78, 5) is 5.53. The van der Waals surface area contributed by atoms with E-state index in [1.807, 2.05) is 43.5 Å². The van der Waals surface area contributed by atoms with Crippen molar-refractivity contribution in [1.82, 2.24) is 4.98 Å². The van der Waals surface area contributed by atoms with Gasteiger partial charge in [-0.05, 0) is 25.0 Å². The number of nitrogens with zero attached hydrogens (tertiary/aromatic N) is 1. The van der Waals surface area contributed by atoms with Crippen molar-refractivity contribution in [2.24, 2.45) is 0 Å². The van der Waals surface area contributed by atoms with E-state index in [4.69, 9.17) is 0 Å². The number of rotatable bonds is 4. The molecular formula is C13H15NOS2. The minimum absolute atomic E-state index is 0.389. The van der Waals surface area contributed by atoms with Crippen LogP contribution in [0, 0.1) is 6.92 Å². The lowest BCUT2D eigenvalue weighted by Crippen LogP contribution is -1.96. The van der Waals surface area contributed by atoms with E-state index in [-0.39, 0.29) is 6.10 Å². The third kappa shape index (κ3) is 3.09. The molecule has 2 rings (SSSR count). The van der Waals surface area contributed by atoms with Gasteiger partial charge >= 0.3 is 0 Å². The number of benzene rings is 1. The van der Waals surface area contributed by atoms with E-state index in [0.29, 0.717) is 0 Å². The molecule has 0 bridgehead atoms. The fourth-order valence-corrected chi connectivity index (χ4v) is 3.52. The fourth-order valence-electron chi connectivity index (χ4n) is 1.54. The van der Waals surface area contributed by atoms with Crippen molar-refractivity contribution in [3.05, 3.63) is 40.9 Å². The van der Waals surface area contributed by atoms with Crippen LogP contribution in [0.2, 0.25) is 0 Å². The summed E-state index contributed by atoms with van der Waals surface area (Å²) in [6.45, 7) is 3.98. The van der Waals surface area contributed by atoms with Gasteiger partial charge in [-0.2, -0.15) is 0 Å². The fraction of sp³-hybridized carbons (Fsp3) is 0.308. The van der Waals surface area contributed by atoms with Crippen molar-refractivity contribution >= 4 is 23.1 Å². The second kappa shape index (κ2) is 5.67. The third-order valence-electron chi connectivity index (χ3n) is 2.46. The van der Waals surface area contributed by atoms with Crippen LogP contribution < -0.4 is 0 Å². The molecule has 1 atom stereocenters. The maximum Gasteiger partial charge on any atom is 0.154 e. The molecule has 0 saturated heterocycles. The van der Waals surface area contributed by atoms with Crippen molar-refractivity contribution in [2.45, 2.75) is 35.6 Å². The summed E-state index contributed by atoms with van der Waals surface area (Å²) >= 11 is 3.27. The highest BCUT2D eigenvalue weighted by atomic mass is 32.2. The molecule has 1 aromatic heterocycles. The normalized spacial score (nSPS) is 12.6. The van der Waals surface area contributed by atoms with E-state index in [0.717, 1.165) is 26.9 Å². The van der Waals surface area contributed by atoms with Crippen LogP contribution in [0.3, 0.4) is 0 Å². The first-order valence-electron chi connectivity index (χ1n) is 5.57. The third-order valence-corrected chi connectivity index (χ3v) is 4.61. The predicted molar refractivity (Wildman–Crippen MR) is 72.7 cm³/mol. The zero-order valence-corrected chi connectivity index (χ0v) is 11.5. The molecule has 0 aliphatic heterocycles. The van der Waals surface area contributed by atoms with Gasteiger partial charge in [0.25, 0.3) is 0 Å². The standard InChI is InChI=1S/C13H15NOS2/c1-3-11(15)10-6-4-5-7-12(10)17-13-14-9(2)8-16-13/h4-8,11,15H,3H2,1-2H3. The summed E-state index contributed by atoms with van der Waals surface area (Å²) in [6.07, 6.45) is 0.342. The second-order valence-electron chi connectivity index (χ2n) is 3.82. The quantitative estimate of drug-likeness (QED) is 0.905. The molecule has 0 aliphatic carbocycles. The summed E-state index contributed by atoms with van der Waals surface area (Å²) in [5.41, 5.74) is 2.04. The van der Waals surface area contributed by atoms with Crippen LogP contribution in [-0.2, 0) is 0 Å². The molecule has 2 nitrogen and oxygen atoms in total. The Morgan fingerprint density at radius 2 is 2.18 bits per heavy atom. The van der Waals surface area contributed by atoms with Crippen LogP contribution in [0.1, 0.15) is 30.7 Å². The van der Waals surface area contributed by atoms with E-state index in [2.05, 4.69) is 4.98 Å². The molecule has 1 heterocycles. The second-order valence-corrected chi connectivity index (χ2v) is 5.97. The monoisotopic (exact) mass is 265 g/mol. The molecular weight excluding hydrogens is 250 g/mol. The lowest BCUT2D eigenvalue weighted by molar-refractivity contribution is 0.171. The first-order valence-corrected chi connectivity index (χ1v) is 7.27. The first kappa shape index (κ1) is 12.6. The smallest absolute Gasteiger partial charge is 0.154 e. The Balaban J connectivity index is 2.26. The maximum atomic E-state index is 9.96. The van der Waals surface area contributed by atoms with Crippen LogP contribution in [0.4, 0.5) is 0 Å². The highest BCUT2D eigenvalue weighted by Crippen LogP contribution is 2.35. The molecule has 17 heavy (non-hydrogen) atoms. The van der Waals surface area contributed by atoms with Gasteiger partial charge in [-0.3, -0.25) is 0 Å². The van der Waals surface area contributed by atoms with Crippen LogP contribution in [0.25, 0.3) is 0 Å². The van der Waals surface area contributed by atoms with Gasteiger partial charge in [-0.1, -0.05) is 36.9 Å². The van der Waals surface area contributed by atoms with Gasteiger partial charge in [0.15, 0.2) is 4.34 Å². The molecule has 0 saturated carbocycles. The number of aliphatic hydroxyl groups excluding tert-OH is 1. The molecule has 1 aromatic carbocycles. The van der Waals surface area contributed by atoms with Crippen molar-refractivity contribution < 1.29 is 5.11 Å². The summed E-state index contributed by atoms with van der Waals surface area (Å²) in [5, 5.41) is 12.0. The van der Waals surface area contributed by atoms with Crippen LogP contribution in [0.15, 0.2) is 38.9 Å². The molecule has 90 valence electrons. The molecule has 0 aliphatic rings. The summed E-state index contributed by atoms with van der Waals surface area (Å²) in [6, 6.07) is 7.98. The van der Waals surface area contributed by atoms with Crippen LogP contribution in [-0.4, -0.2) is 10.1 Å². The Morgan fingerprint density at radius 3 is 2.82 bits per heavy atom. The summed E-state index contributed by atoms with van der Waals surface area (Å²) in [5.74, 6) is 0. The number of aliphatic hydroxyl groups is 1. The van der Waals surface area contributed by atoms with Gasteiger partial charge in [0.2, 0.25) is 0 Å². The Labute approximate surface area is 110 Å². The molecule has 0 spiro atoms. The molecule has 2 aromatic rings. The zero-order chi connectivity index (χ0) is 12.3. The summed E-state index contributed by atoms with van der Waals surface area (Å²) in [7, 11) is 0. The van der Waals surface area contributed by atoms with Gasteiger partial charge < -0.3 is 5.11 Å². The maximum absolute atomic E-state index is 9.96. The Hall–Kier alpha value is -0.840. The SMILES string of the molecule is CCC(O)c1ccccc1Sc1nc(C)cs1. The molecule has 1 unspecified atom stereocenters.